The van der Waals surface area contributed by atoms with E-state index in [4.69, 9.17) is 37.1 Å². The molecule has 0 fully saturated rings. The highest BCUT2D eigenvalue weighted by Gasteiger charge is 2.32. The summed E-state index contributed by atoms with van der Waals surface area (Å²) in [4.78, 5) is 79.3. The first-order valence-corrected chi connectivity index (χ1v) is 24.0. The minimum Gasteiger partial charge on any atom is -0.464 e. The molecule has 5 rings (SSSR count). The number of halogens is 2. The summed E-state index contributed by atoms with van der Waals surface area (Å²) < 4.78 is 41.0. The summed E-state index contributed by atoms with van der Waals surface area (Å²) >= 11 is 13.5. The van der Waals surface area contributed by atoms with Gasteiger partial charge in [-0.15, -0.1) is 0 Å². The molecule has 1 aliphatic heterocycles. The number of nitrogens with one attached hydrogen (secondary N) is 3. The Hall–Kier alpha value is -4.75. The second kappa shape index (κ2) is 20.9. The van der Waals surface area contributed by atoms with Crippen molar-refractivity contribution >= 4 is 101 Å². The Bertz CT molecular complexity index is 2450. The zero-order valence-electron chi connectivity index (χ0n) is 33.7. The van der Waals surface area contributed by atoms with Crippen molar-refractivity contribution in [3.8, 4) is 0 Å². The zero-order chi connectivity index (χ0) is 44.6. The lowest BCUT2D eigenvalue weighted by molar-refractivity contribution is -0.187. The number of hydrogen-bond donors (Lipinski definition) is 3. The van der Waals surface area contributed by atoms with E-state index >= 15 is 0 Å². The molecule has 4 atom stereocenters. The normalized spacial score (nSPS) is 14.5. The fourth-order valence-electron chi connectivity index (χ4n) is 6.45. The quantitative estimate of drug-likeness (QED) is 0.0516. The van der Waals surface area contributed by atoms with Crippen LogP contribution in [0.5, 0.6) is 0 Å². The largest absolute Gasteiger partial charge is 0.464 e. The number of esters is 2. The van der Waals surface area contributed by atoms with Crippen LogP contribution in [0.1, 0.15) is 65.1 Å². The summed E-state index contributed by atoms with van der Waals surface area (Å²) in [5.74, 6) is -3.09. The maximum absolute atomic E-state index is 14.0. The molecule has 4 amide bonds. The first kappa shape index (κ1) is 47.3. The number of rotatable bonds is 17. The second-order valence-corrected chi connectivity index (χ2v) is 19.7. The molecule has 4 aromatic rings. The second-order valence-electron chi connectivity index (χ2n) is 14.3. The molecule has 0 saturated carbocycles. The Morgan fingerprint density at radius 1 is 0.869 bits per heavy atom. The summed E-state index contributed by atoms with van der Waals surface area (Å²) in [5, 5.41) is 8.73. The third-order valence-corrected chi connectivity index (χ3v) is 13.7. The fourth-order valence-corrected chi connectivity index (χ4v) is 10.3. The lowest BCUT2D eigenvalue weighted by Gasteiger charge is -2.30. The van der Waals surface area contributed by atoms with Crippen LogP contribution >= 0.6 is 44.8 Å². The molecule has 61 heavy (non-hydrogen) atoms. The van der Waals surface area contributed by atoms with E-state index in [1.165, 1.54) is 60.6 Å². The number of fused-ring (bicyclic) bond motifs is 2. The maximum Gasteiger partial charge on any atom is 0.332 e. The zero-order valence-corrected chi connectivity index (χ0v) is 37.7. The Labute approximate surface area is 370 Å². The molecular weight excluding hydrogens is 892 g/mol. The van der Waals surface area contributed by atoms with Gasteiger partial charge in [-0.05, 0) is 66.4 Å². The molecule has 3 aromatic carbocycles. The summed E-state index contributed by atoms with van der Waals surface area (Å²) in [5.41, 5.74) is 2.45. The summed E-state index contributed by atoms with van der Waals surface area (Å²) in [6, 6.07) is 11.6. The average Bonchev–Trinajstić information content (AvgIpc) is 3.66. The maximum atomic E-state index is 14.0. The van der Waals surface area contributed by atoms with E-state index < -0.39 is 52.0 Å². The molecule has 20 heteroatoms. The third kappa shape index (κ3) is 12.9. The van der Waals surface area contributed by atoms with Gasteiger partial charge in [0.25, 0.3) is 11.8 Å². The average molecular weight is 936 g/mol. The first-order valence-electron chi connectivity index (χ1n) is 18.9. The summed E-state index contributed by atoms with van der Waals surface area (Å²) in [6.07, 6.45) is 1.11. The molecule has 0 spiro atoms. The number of carbonyl (C=O) groups excluding carboxylic acids is 6. The molecule has 3 N–H and O–H groups in total. The molecule has 1 aromatic heterocycles. The van der Waals surface area contributed by atoms with Crippen molar-refractivity contribution in [2.24, 2.45) is 0 Å². The van der Waals surface area contributed by atoms with E-state index in [0.717, 1.165) is 11.6 Å². The van der Waals surface area contributed by atoms with Crippen molar-refractivity contribution in [1.82, 2.24) is 20.9 Å². The molecule has 1 unspecified atom stereocenters. The fraction of sp³-hybridized carbons (Fsp3) is 0.366. The van der Waals surface area contributed by atoms with Crippen LogP contribution < -0.4 is 16.0 Å². The lowest BCUT2D eigenvalue weighted by atomic mass is 9.95. The van der Waals surface area contributed by atoms with Crippen LogP contribution in [-0.4, -0.2) is 97.6 Å². The van der Waals surface area contributed by atoms with Gasteiger partial charge in [-0.2, -0.15) is 0 Å². The van der Waals surface area contributed by atoms with Gasteiger partial charge in [0.2, 0.25) is 18.1 Å². The van der Waals surface area contributed by atoms with Gasteiger partial charge >= 0.3 is 11.9 Å². The number of nitrogens with zero attached hydrogens (tertiary/aromatic N) is 1. The molecule has 0 saturated heterocycles. The minimum absolute atomic E-state index is 0.0230. The SMILES string of the molecule is CC(=O)N[C@H](C)CSSC[C@H](NC(C)=O)C(=O)OC(C)OC(=O)[C@H](Cc1cccc(S(C)(=O)=O)c1)NC(=O)c1c(Cl)cc2c(c1Cl)CCN(C(=O)c1ccc3ccoc3c1)C2. The van der Waals surface area contributed by atoms with Gasteiger partial charge in [-0.3, -0.25) is 19.2 Å². The van der Waals surface area contributed by atoms with Crippen molar-refractivity contribution in [3.63, 3.8) is 0 Å². The number of ether oxygens (including phenoxy) is 2. The van der Waals surface area contributed by atoms with Gasteiger partial charge in [0, 0.05) is 75.0 Å². The predicted octanol–water partition coefficient (Wildman–Crippen LogP) is 5.53. The molecule has 15 nitrogen and oxygen atoms in total. The van der Waals surface area contributed by atoms with Crippen molar-refractivity contribution in [3.05, 3.63) is 98.7 Å². The van der Waals surface area contributed by atoms with Crippen LogP contribution in [0.2, 0.25) is 10.0 Å². The molecule has 2 heterocycles. The van der Waals surface area contributed by atoms with E-state index in [2.05, 4.69) is 16.0 Å². The molecular formula is C41H44Cl2N4O11S3. The summed E-state index contributed by atoms with van der Waals surface area (Å²) in [6.45, 7) is 6.18. The van der Waals surface area contributed by atoms with Crippen molar-refractivity contribution < 1.29 is 51.1 Å². The summed E-state index contributed by atoms with van der Waals surface area (Å²) in [7, 11) is -1.01. The highest BCUT2D eigenvalue weighted by molar-refractivity contribution is 8.76. The van der Waals surface area contributed by atoms with Crippen LogP contribution in [0.25, 0.3) is 11.0 Å². The van der Waals surface area contributed by atoms with Crippen molar-refractivity contribution in [1.29, 1.82) is 0 Å². The minimum atomic E-state index is -3.64. The van der Waals surface area contributed by atoms with Crippen molar-refractivity contribution in [2.75, 3.05) is 24.3 Å². The van der Waals surface area contributed by atoms with E-state index in [1.807, 2.05) is 6.92 Å². The monoisotopic (exact) mass is 934 g/mol. The van der Waals surface area contributed by atoms with E-state index in [9.17, 15) is 37.2 Å². The van der Waals surface area contributed by atoms with Gasteiger partial charge in [-0.25, -0.2) is 18.0 Å². The Balaban J connectivity index is 1.31. The number of furan rings is 1. The molecule has 0 aliphatic carbocycles. The molecule has 1 aliphatic rings. The first-order chi connectivity index (χ1) is 28.8. The van der Waals surface area contributed by atoms with Gasteiger partial charge < -0.3 is 34.7 Å². The molecule has 326 valence electrons. The van der Waals surface area contributed by atoms with E-state index in [-0.39, 0.29) is 63.6 Å². The number of amides is 4. The van der Waals surface area contributed by atoms with E-state index in [1.54, 1.807) is 47.6 Å². The van der Waals surface area contributed by atoms with Crippen LogP contribution in [-0.2, 0) is 57.9 Å². The van der Waals surface area contributed by atoms with Gasteiger partial charge in [0.15, 0.2) is 9.84 Å². The van der Waals surface area contributed by atoms with Crippen LogP contribution in [0, 0.1) is 0 Å². The van der Waals surface area contributed by atoms with E-state index in [0.29, 0.717) is 40.0 Å². The third-order valence-electron chi connectivity index (χ3n) is 9.29. The van der Waals surface area contributed by atoms with Crippen LogP contribution in [0.4, 0.5) is 0 Å². The Morgan fingerprint density at radius 2 is 1.56 bits per heavy atom. The topological polar surface area (TPSA) is 207 Å². The highest BCUT2D eigenvalue weighted by Crippen LogP contribution is 2.35. The van der Waals surface area contributed by atoms with Crippen LogP contribution in [0.3, 0.4) is 0 Å². The van der Waals surface area contributed by atoms with Gasteiger partial charge in [-0.1, -0.05) is 63.0 Å². The molecule has 0 bridgehead atoms. The van der Waals surface area contributed by atoms with Crippen LogP contribution in [0.15, 0.2) is 70.2 Å². The highest BCUT2D eigenvalue weighted by atomic mass is 35.5. The van der Waals surface area contributed by atoms with Crippen molar-refractivity contribution in [2.45, 2.75) is 76.4 Å². The number of carbonyl (C=O) groups is 6. The number of benzene rings is 3. The number of hydrogen-bond acceptors (Lipinski definition) is 13. The predicted molar refractivity (Wildman–Crippen MR) is 233 cm³/mol. The van der Waals surface area contributed by atoms with Gasteiger partial charge in [0.05, 0.1) is 26.8 Å². The Kier molecular flexibility index (Phi) is 16.2. The molecule has 0 radical (unpaired) electrons. The standard InChI is InChI=1S/C41H44Cl2N4O11S3/c1-22(44-23(2)48)20-59-60-21-34(45-24(3)49)41(53)58-25(4)57-40(52)33(16-26-7-6-8-30(15-26)61(5,54)55)46-38(50)36-32(42)17-29-19-47(13-11-31(29)37(36)43)39(51)28-10-9-27-12-14-56-35(27)18-28/h6-10,12,14-15,17-18,22,25,33-34H,11,13,16,19-21H2,1-5H3,(H,44,48)(H,45,49)(H,46,50)/t22-,25?,33+,34+/m1/s1. The van der Waals surface area contributed by atoms with Gasteiger partial charge in [0.1, 0.15) is 17.7 Å². The lowest BCUT2D eigenvalue weighted by Crippen LogP contribution is -2.46. The number of sulfone groups is 1. The smallest absolute Gasteiger partial charge is 0.332 e. The Morgan fingerprint density at radius 3 is 2.25 bits per heavy atom.